The number of hydrogen-bond acceptors (Lipinski definition) is 5. The number of hydrogen-bond donors (Lipinski definition) is 0. The number of halogens is 1. The van der Waals surface area contributed by atoms with Crippen molar-refractivity contribution < 1.29 is 8.42 Å². The average Bonchev–Trinajstić information content (AvgIpc) is 2.92. The quantitative estimate of drug-likeness (QED) is 0.773. The number of sulfonamides is 1. The molecule has 0 radical (unpaired) electrons. The summed E-state index contributed by atoms with van der Waals surface area (Å²) in [5.74, 6) is 0. The monoisotopic (exact) mass is 391 g/mol. The fraction of sp³-hybridized carbons (Fsp3) is 0.615. The predicted molar refractivity (Wildman–Crippen MR) is 86.7 cm³/mol. The van der Waals surface area contributed by atoms with Crippen molar-refractivity contribution in [3.05, 3.63) is 15.9 Å². The minimum atomic E-state index is -3.42. The number of piperazine rings is 1. The molecule has 0 aromatic carbocycles. The zero-order valence-electron chi connectivity index (χ0n) is 11.8. The van der Waals surface area contributed by atoms with Crippen LogP contribution in [0.25, 0.3) is 0 Å². The van der Waals surface area contributed by atoms with Crippen molar-refractivity contribution in [1.29, 1.82) is 5.26 Å². The zero-order chi connectivity index (χ0) is 15.5. The second-order valence-corrected chi connectivity index (χ2v) is 8.83. The molecule has 5 nitrogen and oxygen atoms in total. The molecular weight excluding hydrogens is 374 g/mol. The summed E-state index contributed by atoms with van der Waals surface area (Å²) >= 11 is 4.51. The van der Waals surface area contributed by atoms with Crippen molar-refractivity contribution in [3.63, 3.8) is 0 Å². The molecule has 0 N–H and O–H groups in total. The van der Waals surface area contributed by atoms with Crippen molar-refractivity contribution in [2.24, 2.45) is 0 Å². The second-order valence-electron chi connectivity index (χ2n) is 4.93. The first kappa shape index (κ1) is 16.9. The largest absolute Gasteiger partial charge is 0.285 e. The Hall–Kier alpha value is -0.460. The normalized spacial score (nSPS) is 19.3. The summed E-state index contributed by atoms with van der Waals surface area (Å²) in [5.41, 5.74) is 0. The Morgan fingerprint density at radius 1 is 1.43 bits per heavy atom. The Labute approximate surface area is 138 Å². The van der Waals surface area contributed by atoms with E-state index < -0.39 is 10.0 Å². The summed E-state index contributed by atoms with van der Waals surface area (Å²) in [6.45, 7) is 4.16. The molecule has 1 unspecified atom stereocenters. The van der Waals surface area contributed by atoms with Crippen LogP contribution in [0.2, 0.25) is 0 Å². The molecule has 2 rings (SSSR count). The van der Waals surface area contributed by atoms with Crippen LogP contribution < -0.4 is 0 Å². The minimum absolute atomic E-state index is 0.103. The van der Waals surface area contributed by atoms with E-state index in [4.69, 9.17) is 0 Å². The lowest BCUT2D eigenvalue weighted by Crippen LogP contribution is -2.51. The van der Waals surface area contributed by atoms with Gasteiger partial charge in [0.2, 0.25) is 0 Å². The SMILES string of the molecule is CCCC(C#N)N1CCN(S(=O)(=O)c2sccc2Br)CC1. The number of rotatable bonds is 5. The van der Waals surface area contributed by atoms with Gasteiger partial charge in [-0.15, -0.1) is 11.3 Å². The van der Waals surface area contributed by atoms with Crippen molar-refractivity contribution in [1.82, 2.24) is 9.21 Å². The maximum Gasteiger partial charge on any atom is 0.253 e. The van der Waals surface area contributed by atoms with Gasteiger partial charge < -0.3 is 0 Å². The Morgan fingerprint density at radius 2 is 2.10 bits per heavy atom. The summed E-state index contributed by atoms with van der Waals surface area (Å²) in [7, 11) is -3.42. The van der Waals surface area contributed by atoms with Gasteiger partial charge in [0, 0.05) is 30.7 Å². The maximum atomic E-state index is 12.6. The molecule has 1 aliphatic rings. The molecule has 1 aromatic heterocycles. The Kier molecular flexibility index (Phi) is 5.80. The topological polar surface area (TPSA) is 64.4 Å². The standard InChI is InChI=1S/C13H18BrN3O2S2/c1-2-3-11(10-15)16-5-7-17(8-6-16)21(18,19)13-12(14)4-9-20-13/h4,9,11H,2-3,5-8H2,1H3. The molecule has 0 spiro atoms. The molecule has 116 valence electrons. The molecule has 1 atom stereocenters. The van der Waals surface area contributed by atoms with Crippen LogP contribution in [0.5, 0.6) is 0 Å². The number of thiophene rings is 1. The van der Waals surface area contributed by atoms with Crippen molar-refractivity contribution >= 4 is 37.3 Å². The van der Waals surface area contributed by atoms with Crippen molar-refractivity contribution in [2.45, 2.75) is 30.0 Å². The van der Waals surface area contributed by atoms with Crippen LogP contribution in [0, 0.1) is 11.3 Å². The number of nitrogens with zero attached hydrogens (tertiary/aromatic N) is 3. The lowest BCUT2D eigenvalue weighted by Gasteiger charge is -2.36. The smallest absolute Gasteiger partial charge is 0.253 e. The molecule has 0 amide bonds. The van der Waals surface area contributed by atoms with E-state index in [1.165, 1.54) is 15.6 Å². The van der Waals surface area contributed by atoms with E-state index in [1.54, 1.807) is 11.4 Å². The molecular formula is C13H18BrN3O2S2. The Morgan fingerprint density at radius 3 is 2.57 bits per heavy atom. The summed E-state index contributed by atoms with van der Waals surface area (Å²) in [4.78, 5) is 2.08. The molecule has 2 heterocycles. The molecule has 0 aliphatic carbocycles. The fourth-order valence-corrected chi connectivity index (χ4v) is 6.31. The van der Waals surface area contributed by atoms with Gasteiger partial charge in [-0.2, -0.15) is 9.57 Å². The van der Waals surface area contributed by atoms with Gasteiger partial charge in [-0.3, -0.25) is 4.90 Å². The molecule has 0 saturated carbocycles. The zero-order valence-corrected chi connectivity index (χ0v) is 15.0. The van der Waals surface area contributed by atoms with Gasteiger partial charge in [-0.25, -0.2) is 8.42 Å². The highest BCUT2D eigenvalue weighted by atomic mass is 79.9. The third kappa shape index (κ3) is 3.66. The van der Waals surface area contributed by atoms with E-state index in [0.717, 1.165) is 12.8 Å². The Balaban J connectivity index is 2.05. The van der Waals surface area contributed by atoms with Gasteiger partial charge >= 0.3 is 0 Å². The van der Waals surface area contributed by atoms with E-state index in [-0.39, 0.29) is 6.04 Å². The second kappa shape index (κ2) is 7.20. The van der Waals surface area contributed by atoms with E-state index in [2.05, 4.69) is 33.8 Å². The predicted octanol–water partition coefficient (Wildman–Crippen LogP) is 2.51. The van der Waals surface area contributed by atoms with Crippen molar-refractivity contribution in [3.8, 4) is 6.07 Å². The average molecular weight is 392 g/mol. The van der Waals surface area contributed by atoms with Gasteiger partial charge in [0.15, 0.2) is 0 Å². The van der Waals surface area contributed by atoms with Crippen LogP contribution >= 0.6 is 27.3 Å². The molecule has 0 bridgehead atoms. The summed E-state index contributed by atoms with van der Waals surface area (Å²) in [5, 5.41) is 11.0. The first-order valence-electron chi connectivity index (χ1n) is 6.87. The van der Waals surface area contributed by atoms with E-state index in [1.807, 2.05) is 0 Å². The lowest BCUT2D eigenvalue weighted by molar-refractivity contribution is 0.156. The van der Waals surface area contributed by atoms with Gasteiger partial charge in [-0.05, 0) is 33.8 Å². The van der Waals surface area contributed by atoms with E-state index >= 15 is 0 Å². The highest BCUT2D eigenvalue weighted by Crippen LogP contribution is 2.30. The molecule has 1 fully saturated rings. The van der Waals surface area contributed by atoms with Crippen LogP contribution in [0.1, 0.15) is 19.8 Å². The van der Waals surface area contributed by atoms with Crippen LogP contribution in [0.15, 0.2) is 20.1 Å². The first-order chi connectivity index (χ1) is 10.0. The van der Waals surface area contributed by atoms with E-state index in [0.29, 0.717) is 34.9 Å². The van der Waals surface area contributed by atoms with Crippen LogP contribution in [-0.2, 0) is 10.0 Å². The fourth-order valence-electron chi connectivity index (χ4n) is 2.44. The molecule has 1 saturated heterocycles. The van der Waals surface area contributed by atoms with Gasteiger partial charge in [0.05, 0.1) is 12.1 Å². The van der Waals surface area contributed by atoms with Crippen LogP contribution in [-0.4, -0.2) is 49.8 Å². The third-order valence-electron chi connectivity index (χ3n) is 3.58. The Bertz CT molecular complexity index is 616. The summed E-state index contributed by atoms with van der Waals surface area (Å²) in [6.07, 6.45) is 1.79. The van der Waals surface area contributed by atoms with Gasteiger partial charge in [0.1, 0.15) is 4.21 Å². The van der Waals surface area contributed by atoms with E-state index in [9.17, 15) is 13.7 Å². The molecule has 1 aromatic rings. The highest BCUT2D eigenvalue weighted by molar-refractivity contribution is 9.10. The highest BCUT2D eigenvalue weighted by Gasteiger charge is 2.32. The molecule has 8 heteroatoms. The number of nitriles is 1. The maximum absolute atomic E-state index is 12.6. The van der Waals surface area contributed by atoms with Gasteiger partial charge in [0.25, 0.3) is 10.0 Å². The first-order valence-corrected chi connectivity index (χ1v) is 9.98. The summed E-state index contributed by atoms with van der Waals surface area (Å²) in [6, 6.07) is 3.96. The van der Waals surface area contributed by atoms with Crippen LogP contribution in [0.4, 0.5) is 0 Å². The minimum Gasteiger partial charge on any atom is -0.285 e. The summed E-state index contributed by atoms with van der Waals surface area (Å²) < 4.78 is 27.6. The lowest BCUT2D eigenvalue weighted by atomic mass is 10.1. The van der Waals surface area contributed by atoms with Crippen molar-refractivity contribution in [2.75, 3.05) is 26.2 Å². The molecule has 21 heavy (non-hydrogen) atoms. The van der Waals surface area contributed by atoms with Crippen LogP contribution in [0.3, 0.4) is 0 Å². The van der Waals surface area contributed by atoms with Gasteiger partial charge in [-0.1, -0.05) is 13.3 Å². The third-order valence-corrected chi connectivity index (χ3v) is 8.13. The molecule has 1 aliphatic heterocycles.